The van der Waals surface area contributed by atoms with Crippen molar-refractivity contribution >= 4 is 11.6 Å². The van der Waals surface area contributed by atoms with Crippen molar-refractivity contribution in [1.29, 1.82) is 0 Å². The Labute approximate surface area is 122 Å². The normalized spacial score (nSPS) is 14.1. The van der Waals surface area contributed by atoms with Gasteiger partial charge in [0.1, 0.15) is 11.6 Å². The third-order valence-electron chi connectivity index (χ3n) is 3.29. The molecule has 4 heteroatoms. The minimum atomic E-state index is -0.434. The zero-order valence-electron chi connectivity index (χ0n) is 11.3. The van der Waals surface area contributed by atoms with Crippen LogP contribution in [0.3, 0.4) is 0 Å². The van der Waals surface area contributed by atoms with Crippen molar-refractivity contribution in [1.82, 2.24) is 5.32 Å². The third-order valence-corrected chi connectivity index (χ3v) is 3.60. The van der Waals surface area contributed by atoms with Gasteiger partial charge < -0.3 is 5.32 Å². The summed E-state index contributed by atoms with van der Waals surface area (Å²) >= 11 is 5.67. The largest absolute Gasteiger partial charge is 0.304 e. The second-order valence-electron chi connectivity index (χ2n) is 4.84. The first-order valence-electron chi connectivity index (χ1n) is 6.44. The molecule has 2 atom stereocenters. The van der Waals surface area contributed by atoms with Crippen LogP contribution in [0, 0.1) is 11.6 Å². The summed E-state index contributed by atoms with van der Waals surface area (Å²) in [6.45, 7) is 3.87. The Morgan fingerprint density at radius 1 is 0.950 bits per heavy atom. The number of halogens is 3. The lowest BCUT2D eigenvalue weighted by molar-refractivity contribution is 0.489. The molecule has 1 nitrogen and oxygen atoms in total. The van der Waals surface area contributed by atoms with Crippen LogP contribution >= 0.6 is 11.6 Å². The van der Waals surface area contributed by atoms with E-state index < -0.39 is 5.82 Å². The number of benzene rings is 2. The van der Waals surface area contributed by atoms with Gasteiger partial charge in [0.05, 0.1) is 5.02 Å². The Kier molecular flexibility index (Phi) is 4.73. The lowest BCUT2D eigenvalue weighted by atomic mass is 10.0. The summed E-state index contributed by atoms with van der Waals surface area (Å²) in [6.07, 6.45) is 0. The van der Waals surface area contributed by atoms with Gasteiger partial charge in [0, 0.05) is 12.1 Å². The molecule has 2 rings (SSSR count). The first-order chi connectivity index (χ1) is 9.47. The van der Waals surface area contributed by atoms with Crippen molar-refractivity contribution < 1.29 is 8.78 Å². The summed E-state index contributed by atoms with van der Waals surface area (Å²) in [5.41, 5.74) is 1.65. The lowest BCUT2D eigenvalue weighted by Gasteiger charge is -2.21. The number of hydrogen-bond acceptors (Lipinski definition) is 1. The van der Waals surface area contributed by atoms with Gasteiger partial charge in [-0.05, 0) is 49.2 Å². The van der Waals surface area contributed by atoms with Gasteiger partial charge in [0.15, 0.2) is 0 Å². The zero-order valence-corrected chi connectivity index (χ0v) is 12.1. The fraction of sp³-hybridized carbons (Fsp3) is 0.250. The minimum absolute atomic E-state index is 0.0422. The quantitative estimate of drug-likeness (QED) is 0.834. The molecule has 0 amide bonds. The number of nitrogens with one attached hydrogen (secondary N) is 1. The highest BCUT2D eigenvalue weighted by atomic mass is 35.5. The average Bonchev–Trinajstić information content (AvgIpc) is 2.41. The molecule has 0 aliphatic rings. The van der Waals surface area contributed by atoms with E-state index in [1.165, 1.54) is 24.3 Å². The molecule has 0 aliphatic carbocycles. The Hall–Kier alpha value is -1.45. The number of hydrogen-bond donors (Lipinski definition) is 1. The van der Waals surface area contributed by atoms with E-state index in [1.54, 1.807) is 12.1 Å². The van der Waals surface area contributed by atoms with E-state index in [0.29, 0.717) is 0 Å². The molecule has 2 aromatic rings. The highest BCUT2D eigenvalue weighted by molar-refractivity contribution is 6.30. The number of rotatable bonds is 4. The molecular weight excluding hydrogens is 280 g/mol. The van der Waals surface area contributed by atoms with Crippen LogP contribution in [-0.4, -0.2) is 0 Å². The van der Waals surface area contributed by atoms with Crippen LogP contribution in [0.2, 0.25) is 5.02 Å². The Bertz CT molecular complexity index is 601. The molecule has 1 unspecified atom stereocenters. The van der Waals surface area contributed by atoms with Gasteiger partial charge in [-0.25, -0.2) is 8.78 Å². The van der Waals surface area contributed by atoms with Gasteiger partial charge in [-0.2, -0.15) is 0 Å². The molecule has 0 spiro atoms. The molecule has 0 saturated carbocycles. The third kappa shape index (κ3) is 3.56. The summed E-state index contributed by atoms with van der Waals surface area (Å²) in [5, 5.41) is 3.42. The lowest BCUT2D eigenvalue weighted by Crippen LogP contribution is -2.22. The molecule has 106 valence electrons. The maximum Gasteiger partial charge on any atom is 0.142 e. The van der Waals surface area contributed by atoms with E-state index in [-0.39, 0.29) is 22.9 Å². The molecule has 0 saturated heterocycles. The molecule has 0 heterocycles. The first kappa shape index (κ1) is 14.9. The van der Waals surface area contributed by atoms with E-state index >= 15 is 0 Å². The molecule has 0 aliphatic heterocycles. The molecule has 2 aromatic carbocycles. The van der Waals surface area contributed by atoms with Gasteiger partial charge in [-0.3, -0.25) is 0 Å². The van der Waals surface area contributed by atoms with Crippen molar-refractivity contribution in [2.24, 2.45) is 0 Å². The molecule has 0 radical (unpaired) electrons. The molecule has 1 N–H and O–H groups in total. The molecule has 0 aromatic heterocycles. The molecule has 0 bridgehead atoms. The first-order valence-corrected chi connectivity index (χ1v) is 6.81. The minimum Gasteiger partial charge on any atom is -0.304 e. The molecular formula is C16H16ClF2N. The van der Waals surface area contributed by atoms with Gasteiger partial charge >= 0.3 is 0 Å². The van der Waals surface area contributed by atoms with Crippen LogP contribution in [0.25, 0.3) is 0 Å². The van der Waals surface area contributed by atoms with E-state index in [9.17, 15) is 8.78 Å². The van der Waals surface area contributed by atoms with Crippen LogP contribution in [0.15, 0.2) is 42.5 Å². The topological polar surface area (TPSA) is 12.0 Å². The summed E-state index contributed by atoms with van der Waals surface area (Å²) in [4.78, 5) is 0. The SMILES string of the molecule is CC(N[C@@H](C)c1cccc(F)c1)c1ccc(Cl)c(F)c1. The fourth-order valence-corrected chi connectivity index (χ4v) is 2.24. The van der Waals surface area contributed by atoms with Crippen molar-refractivity contribution in [3.8, 4) is 0 Å². The van der Waals surface area contributed by atoms with Crippen molar-refractivity contribution in [2.45, 2.75) is 25.9 Å². The zero-order chi connectivity index (χ0) is 14.7. The van der Waals surface area contributed by atoms with E-state index in [1.807, 2.05) is 19.9 Å². The summed E-state index contributed by atoms with van der Waals surface area (Å²) < 4.78 is 26.6. The second-order valence-corrected chi connectivity index (χ2v) is 5.25. The van der Waals surface area contributed by atoms with Gasteiger partial charge in [-0.15, -0.1) is 0 Å². The predicted octanol–water partition coefficient (Wildman–Crippen LogP) is 5.03. The van der Waals surface area contributed by atoms with E-state index in [2.05, 4.69) is 5.32 Å². The van der Waals surface area contributed by atoms with Crippen LogP contribution in [0.5, 0.6) is 0 Å². The maximum absolute atomic E-state index is 13.4. The average molecular weight is 296 g/mol. The van der Waals surface area contributed by atoms with Crippen molar-refractivity contribution in [3.05, 3.63) is 70.2 Å². The van der Waals surface area contributed by atoms with Gasteiger partial charge in [0.25, 0.3) is 0 Å². The van der Waals surface area contributed by atoms with E-state index in [4.69, 9.17) is 11.6 Å². The molecule has 20 heavy (non-hydrogen) atoms. The van der Waals surface area contributed by atoms with Crippen LogP contribution in [0.1, 0.15) is 37.1 Å². The second kappa shape index (κ2) is 6.33. The Morgan fingerprint density at radius 2 is 1.60 bits per heavy atom. The predicted molar refractivity (Wildman–Crippen MR) is 77.8 cm³/mol. The fourth-order valence-electron chi connectivity index (χ4n) is 2.13. The summed E-state index contributed by atoms with van der Waals surface area (Å²) in [6, 6.07) is 11.1. The Morgan fingerprint density at radius 3 is 2.20 bits per heavy atom. The van der Waals surface area contributed by atoms with Crippen LogP contribution in [0.4, 0.5) is 8.78 Å². The summed E-state index contributed by atoms with van der Waals surface area (Å²) in [5.74, 6) is -0.697. The van der Waals surface area contributed by atoms with Gasteiger partial charge in [0.2, 0.25) is 0 Å². The monoisotopic (exact) mass is 295 g/mol. The highest BCUT2D eigenvalue weighted by Crippen LogP contribution is 2.23. The summed E-state index contributed by atoms with van der Waals surface area (Å²) in [7, 11) is 0. The van der Waals surface area contributed by atoms with Crippen molar-refractivity contribution in [3.63, 3.8) is 0 Å². The van der Waals surface area contributed by atoms with Crippen molar-refractivity contribution in [2.75, 3.05) is 0 Å². The van der Waals surface area contributed by atoms with E-state index in [0.717, 1.165) is 11.1 Å². The smallest absolute Gasteiger partial charge is 0.142 e. The van der Waals surface area contributed by atoms with Gasteiger partial charge in [-0.1, -0.05) is 29.8 Å². The molecule has 0 fully saturated rings. The van der Waals surface area contributed by atoms with Crippen LogP contribution in [-0.2, 0) is 0 Å². The highest BCUT2D eigenvalue weighted by Gasteiger charge is 2.13. The van der Waals surface area contributed by atoms with Crippen LogP contribution < -0.4 is 5.32 Å². The maximum atomic E-state index is 13.4. The Balaban J connectivity index is 2.10. The standard InChI is InChI=1S/C16H16ClF2N/c1-10(12-4-3-5-14(18)8-12)20-11(2)13-6-7-15(17)16(19)9-13/h3-11,20H,1-2H3/t10-,11?/m0/s1.